The molecule has 0 atom stereocenters. The largest absolute Gasteiger partial charge is 0.490 e. The smallest absolute Gasteiger partial charge is 0.335 e. The van der Waals surface area contributed by atoms with E-state index in [-0.39, 0.29) is 28.5 Å². The maximum atomic E-state index is 13.0. The average Bonchev–Trinajstić information content (AvgIpc) is 3.16. The first kappa shape index (κ1) is 25.3. The van der Waals surface area contributed by atoms with Gasteiger partial charge in [0, 0.05) is 4.47 Å². The van der Waals surface area contributed by atoms with E-state index in [0.29, 0.717) is 33.6 Å². The molecular formula is C26H20BrClN2O6. The minimum Gasteiger partial charge on any atom is -0.490 e. The molecule has 0 radical (unpaired) electrons. The predicted molar refractivity (Wildman–Crippen MR) is 138 cm³/mol. The van der Waals surface area contributed by atoms with Gasteiger partial charge < -0.3 is 14.6 Å². The number of carbonyl (C=O) groups is 3. The minimum absolute atomic E-state index is 0.0424. The number of benzene rings is 3. The number of hydrogen-bond donors (Lipinski definition) is 2. The van der Waals surface area contributed by atoms with Gasteiger partial charge in [-0.25, -0.2) is 9.80 Å². The first-order valence-corrected chi connectivity index (χ1v) is 12.0. The molecule has 1 aliphatic rings. The van der Waals surface area contributed by atoms with E-state index < -0.39 is 17.8 Å². The molecule has 4 rings (SSSR count). The van der Waals surface area contributed by atoms with Gasteiger partial charge in [-0.2, -0.15) is 0 Å². The van der Waals surface area contributed by atoms with Crippen molar-refractivity contribution in [2.24, 2.45) is 0 Å². The van der Waals surface area contributed by atoms with Gasteiger partial charge in [0.2, 0.25) is 0 Å². The third kappa shape index (κ3) is 5.22. The van der Waals surface area contributed by atoms with Crippen LogP contribution < -0.4 is 19.9 Å². The fraction of sp³-hybridized carbons (Fsp3) is 0.115. The number of carboxylic acids is 1. The second-order valence-corrected chi connectivity index (χ2v) is 8.79. The third-order valence-corrected chi connectivity index (χ3v) is 6.66. The summed E-state index contributed by atoms with van der Waals surface area (Å²) in [4.78, 5) is 36.8. The summed E-state index contributed by atoms with van der Waals surface area (Å²) < 4.78 is 12.0. The van der Waals surface area contributed by atoms with Crippen molar-refractivity contribution in [1.29, 1.82) is 0 Å². The number of ether oxygens (including phenoxy) is 2. The Kier molecular flexibility index (Phi) is 7.61. The van der Waals surface area contributed by atoms with E-state index in [4.69, 9.17) is 21.1 Å². The van der Waals surface area contributed by atoms with Crippen molar-refractivity contribution in [3.63, 3.8) is 0 Å². The highest BCUT2D eigenvalue weighted by Gasteiger charge is 2.34. The number of nitrogens with one attached hydrogen (secondary N) is 1. The highest BCUT2D eigenvalue weighted by atomic mass is 79.9. The van der Waals surface area contributed by atoms with Crippen molar-refractivity contribution in [3.8, 4) is 11.5 Å². The summed E-state index contributed by atoms with van der Waals surface area (Å²) in [6.45, 7) is 2.14. The quantitative estimate of drug-likeness (QED) is 0.283. The molecule has 10 heteroatoms. The highest BCUT2D eigenvalue weighted by Crippen LogP contribution is 2.44. The van der Waals surface area contributed by atoms with Gasteiger partial charge in [-0.3, -0.25) is 15.0 Å². The Morgan fingerprint density at radius 1 is 1.11 bits per heavy atom. The molecule has 1 fully saturated rings. The molecule has 0 unspecified atom stereocenters. The molecule has 0 spiro atoms. The monoisotopic (exact) mass is 570 g/mol. The Morgan fingerprint density at radius 3 is 2.56 bits per heavy atom. The fourth-order valence-corrected chi connectivity index (χ4v) is 4.19. The van der Waals surface area contributed by atoms with Crippen molar-refractivity contribution in [1.82, 2.24) is 5.43 Å². The molecule has 0 aromatic heterocycles. The van der Waals surface area contributed by atoms with Gasteiger partial charge in [0.05, 0.1) is 17.9 Å². The van der Waals surface area contributed by atoms with E-state index in [1.165, 1.54) is 23.2 Å². The van der Waals surface area contributed by atoms with Gasteiger partial charge in [-0.05, 0) is 70.4 Å². The van der Waals surface area contributed by atoms with Crippen LogP contribution in [0.25, 0.3) is 6.08 Å². The van der Waals surface area contributed by atoms with Crippen LogP contribution in [0, 0.1) is 0 Å². The Balaban J connectivity index is 1.65. The highest BCUT2D eigenvalue weighted by molar-refractivity contribution is 9.10. The normalized spacial score (nSPS) is 14.2. The molecule has 3 aromatic carbocycles. The van der Waals surface area contributed by atoms with Gasteiger partial charge in [0.15, 0.2) is 11.5 Å². The van der Waals surface area contributed by atoms with Gasteiger partial charge in [0.1, 0.15) is 17.2 Å². The fourth-order valence-electron chi connectivity index (χ4n) is 3.53. The molecule has 184 valence electrons. The summed E-state index contributed by atoms with van der Waals surface area (Å²) in [5.41, 5.74) is 4.22. The maximum absolute atomic E-state index is 13.0. The van der Waals surface area contributed by atoms with E-state index in [0.717, 1.165) is 0 Å². The molecule has 0 bridgehead atoms. The topological polar surface area (TPSA) is 105 Å². The number of nitrogens with zero attached hydrogens (tertiary/aromatic N) is 1. The number of para-hydroxylation sites is 1. The molecular weight excluding hydrogens is 552 g/mol. The molecule has 8 nitrogen and oxygen atoms in total. The Morgan fingerprint density at radius 2 is 1.86 bits per heavy atom. The predicted octanol–water partition coefficient (Wildman–Crippen LogP) is 5.24. The number of aromatic carboxylic acids is 1. The summed E-state index contributed by atoms with van der Waals surface area (Å²) in [5, 5.41) is 10.6. The zero-order chi connectivity index (χ0) is 25.8. The number of hydrazine groups is 1. The van der Waals surface area contributed by atoms with E-state index in [1.807, 2.05) is 6.07 Å². The van der Waals surface area contributed by atoms with Crippen LogP contribution in [-0.4, -0.2) is 29.5 Å². The lowest BCUT2D eigenvalue weighted by Crippen LogP contribution is -2.35. The van der Waals surface area contributed by atoms with Crippen molar-refractivity contribution in [2.75, 3.05) is 11.6 Å². The van der Waals surface area contributed by atoms with Gasteiger partial charge in [-0.1, -0.05) is 41.9 Å². The lowest BCUT2D eigenvalue weighted by atomic mass is 10.1. The van der Waals surface area contributed by atoms with Crippen LogP contribution in [0.2, 0.25) is 5.02 Å². The third-order valence-electron chi connectivity index (χ3n) is 5.22. The van der Waals surface area contributed by atoms with E-state index in [1.54, 1.807) is 49.4 Å². The van der Waals surface area contributed by atoms with Crippen molar-refractivity contribution < 1.29 is 29.0 Å². The second kappa shape index (κ2) is 10.8. The van der Waals surface area contributed by atoms with Crippen LogP contribution in [0.4, 0.5) is 5.69 Å². The number of carbonyl (C=O) groups excluding carboxylic acids is 2. The SMILES string of the molecule is CCOc1cc(/C=C2/C(=O)NN(c3ccccc3)C2=O)c(Br)c(Cl)c1OCc1cccc(C(=O)O)c1. The van der Waals surface area contributed by atoms with Crippen molar-refractivity contribution >= 4 is 57.1 Å². The van der Waals surface area contributed by atoms with E-state index >= 15 is 0 Å². The average molecular weight is 572 g/mol. The number of amides is 2. The molecule has 2 N–H and O–H groups in total. The molecule has 0 aliphatic carbocycles. The van der Waals surface area contributed by atoms with Crippen LogP contribution in [0.3, 0.4) is 0 Å². The lowest BCUT2D eigenvalue weighted by Gasteiger charge is -2.16. The van der Waals surface area contributed by atoms with Crippen molar-refractivity contribution in [3.05, 3.63) is 92.4 Å². The lowest BCUT2D eigenvalue weighted by molar-refractivity contribution is -0.117. The second-order valence-electron chi connectivity index (χ2n) is 7.62. The molecule has 0 saturated carbocycles. The van der Waals surface area contributed by atoms with Crippen LogP contribution >= 0.6 is 27.5 Å². The summed E-state index contributed by atoms with van der Waals surface area (Å²) in [6.07, 6.45) is 1.43. The Hall–Kier alpha value is -3.82. The number of rotatable bonds is 8. The Labute approximate surface area is 220 Å². The zero-order valence-corrected chi connectivity index (χ0v) is 21.3. The first-order valence-electron chi connectivity index (χ1n) is 10.8. The minimum atomic E-state index is -1.04. The summed E-state index contributed by atoms with van der Waals surface area (Å²) in [5.74, 6) is -1.56. The van der Waals surface area contributed by atoms with E-state index in [9.17, 15) is 19.5 Å². The maximum Gasteiger partial charge on any atom is 0.335 e. The Bertz CT molecular complexity index is 1380. The first-order chi connectivity index (χ1) is 17.3. The van der Waals surface area contributed by atoms with Gasteiger partial charge in [-0.15, -0.1) is 0 Å². The van der Waals surface area contributed by atoms with Gasteiger partial charge >= 0.3 is 5.97 Å². The molecule has 3 aromatic rings. The molecule has 1 saturated heterocycles. The number of anilines is 1. The molecule has 2 amide bonds. The number of hydrogen-bond acceptors (Lipinski definition) is 5. The van der Waals surface area contributed by atoms with Crippen LogP contribution in [-0.2, 0) is 16.2 Å². The summed E-state index contributed by atoms with van der Waals surface area (Å²) in [7, 11) is 0. The van der Waals surface area contributed by atoms with Crippen LogP contribution in [0.1, 0.15) is 28.4 Å². The van der Waals surface area contributed by atoms with Crippen molar-refractivity contribution in [2.45, 2.75) is 13.5 Å². The number of carboxylic acid groups (broad SMARTS) is 1. The summed E-state index contributed by atoms with van der Waals surface area (Å²) >= 11 is 10.0. The van der Waals surface area contributed by atoms with Crippen LogP contribution in [0.15, 0.2) is 70.7 Å². The molecule has 1 heterocycles. The molecule has 36 heavy (non-hydrogen) atoms. The summed E-state index contributed by atoms with van der Waals surface area (Å²) in [6, 6.07) is 16.7. The van der Waals surface area contributed by atoms with E-state index in [2.05, 4.69) is 21.4 Å². The standard InChI is InChI=1S/C26H20BrClN2O6/c1-2-35-20-13-17(12-19-24(31)29-30(25(19)32)18-9-4-3-5-10-18)21(27)22(28)23(20)36-14-15-7-6-8-16(11-15)26(33)34/h3-13H,2,14H2,1H3,(H,29,31)(H,33,34)/b19-12-. The zero-order valence-electron chi connectivity index (χ0n) is 19.0. The van der Waals surface area contributed by atoms with Gasteiger partial charge in [0.25, 0.3) is 11.8 Å². The molecule has 1 aliphatic heterocycles. The van der Waals surface area contributed by atoms with Crippen LogP contribution in [0.5, 0.6) is 11.5 Å². The number of halogens is 2.